The van der Waals surface area contributed by atoms with E-state index in [0.717, 1.165) is 0 Å². The van der Waals surface area contributed by atoms with Gasteiger partial charge in [0.25, 0.3) is 0 Å². The molecule has 0 saturated carbocycles. The molecule has 0 bridgehead atoms. The summed E-state index contributed by atoms with van der Waals surface area (Å²) in [4.78, 5) is 11.6. The summed E-state index contributed by atoms with van der Waals surface area (Å²) in [5.41, 5.74) is 0.442. The van der Waals surface area contributed by atoms with Crippen molar-refractivity contribution in [2.24, 2.45) is 0 Å². The molecule has 0 fully saturated rings. The monoisotopic (exact) mass is 274 g/mol. The van der Waals surface area contributed by atoms with Crippen LogP contribution in [0.4, 0.5) is 4.39 Å². The van der Waals surface area contributed by atoms with E-state index in [1.165, 1.54) is 18.2 Å². The molecule has 0 amide bonds. The summed E-state index contributed by atoms with van der Waals surface area (Å²) in [6.07, 6.45) is 0.381. The molecule has 2 nitrogen and oxygen atoms in total. The fraction of sp³-hybridized carbons (Fsp3) is 0.364. The number of ketones is 1. The Balaban J connectivity index is 2.99. The first-order valence-electron chi connectivity index (χ1n) is 4.70. The molecule has 4 heteroatoms. The van der Waals surface area contributed by atoms with Crippen LogP contribution in [0.2, 0.25) is 0 Å². The molecule has 0 saturated heterocycles. The zero-order valence-electron chi connectivity index (χ0n) is 8.43. The second-order valence-corrected chi connectivity index (χ2v) is 3.73. The molecule has 0 N–H and O–H groups in total. The number of Topliss-reactive ketones (excluding diaryl/α,β-unsaturated/α-hetero) is 1. The molecule has 1 aromatic rings. The maximum atomic E-state index is 12.9. The van der Waals surface area contributed by atoms with Crippen molar-refractivity contribution in [2.45, 2.75) is 13.3 Å². The van der Waals surface area contributed by atoms with Gasteiger partial charge in [-0.1, -0.05) is 15.9 Å². The summed E-state index contributed by atoms with van der Waals surface area (Å²) in [7, 11) is 0. The Labute approximate surface area is 96.6 Å². The molecule has 0 aliphatic rings. The van der Waals surface area contributed by atoms with Crippen molar-refractivity contribution in [3.05, 3.63) is 29.6 Å². The summed E-state index contributed by atoms with van der Waals surface area (Å²) in [5.74, 6) is -0.118. The highest BCUT2D eigenvalue weighted by Crippen LogP contribution is 2.21. The van der Waals surface area contributed by atoms with Crippen molar-refractivity contribution < 1.29 is 13.9 Å². The van der Waals surface area contributed by atoms with Gasteiger partial charge >= 0.3 is 0 Å². The lowest BCUT2D eigenvalue weighted by molar-refractivity contribution is 0.0986. The number of hydrogen-bond acceptors (Lipinski definition) is 2. The van der Waals surface area contributed by atoms with Crippen LogP contribution in [-0.4, -0.2) is 17.7 Å². The molecular formula is C11H12BrFO2. The van der Waals surface area contributed by atoms with Crippen LogP contribution in [0.15, 0.2) is 18.2 Å². The minimum absolute atomic E-state index is 0.0460. The summed E-state index contributed by atoms with van der Waals surface area (Å²) < 4.78 is 18.1. The van der Waals surface area contributed by atoms with Crippen LogP contribution in [-0.2, 0) is 0 Å². The Bertz CT molecular complexity index is 352. The van der Waals surface area contributed by atoms with Gasteiger partial charge in [0.15, 0.2) is 5.78 Å². The van der Waals surface area contributed by atoms with Crippen LogP contribution in [0.5, 0.6) is 5.75 Å². The molecule has 1 rings (SSSR count). The average Bonchev–Trinajstić information content (AvgIpc) is 2.18. The van der Waals surface area contributed by atoms with Crippen LogP contribution >= 0.6 is 15.9 Å². The van der Waals surface area contributed by atoms with Crippen LogP contribution in [0, 0.1) is 5.82 Å². The highest BCUT2D eigenvalue weighted by atomic mass is 79.9. The highest BCUT2D eigenvalue weighted by molar-refractivity contribution is 9.09. The SMILES string of the molecule is CCOc1cc(F)ccc1C(=O)CCBr. The summed E-state index contributed by atoms with van der Waals surface area (Å²) in [5, 5.41) is 0.592. The van der Waals surface area contributed by atoms with Crippen molar-refractivity contribution in [3.63, 3.8) is 0 Å². The number of carbonyl (C=O) groups excluding carboxylic acids is 1. The van der Waals surface area contributed by atoms with E-state index in [2.05, 4.69) is 15.9 Å². The predicted octanol–water partition coefficient (Wildman–Crippen LogP) is 3.19. The minimum Gasteiger partial charge on any atom is -0.493 e. The number of benzene rings is 1. The first-order chi connectivity index (χ1) is 7.19. The van der Waals surface area contributed by atoms with Gasteiger partial charge in [0.2, 0.25) is 0 Å². The first-order valence-corrected chi connectivity index (χ1v) is 5.82. The van der Waals surface area contributed by atoms with Gasteiger partial charge in [-0.3, -0.25) is 4.79 Å². The van der Waals surface area contributed by atoms with Gasteiger partial charge in [-0.2, -0.15) is 0 Å². The number of carbonyl (C=O) groups is 1. The van der Waals surface area contributed by atoms with Gasteiger partial charge in [0, 0.05) is 17.8 Å². The molecule has 82 valence electrons. The molecule has 1 aromatic carbocycles. The molecule has 0 aromatic heterocycles. The van der Waals surface area contributed by atoms with Crippen LogP contribution in [0.3, 0.4) is 0 Å². The van der Waals surface area contributed by atoms with E-state index < -0.39 is 5.82 Å². The lowest BCUT2D eigenvalue weighted by atomic mass is 10.1. The van der Waals surface area contributed by atoms with Gasteiger partial charge in [-0.05, 0) is 19.1 Å². The first kappa shape index (κ1) is 12.2. The second kappa shape index (κ2) is 5.85. The molecule has 0 unspecified atom stereocenters. The largest absolute Gasteiger partial charge is 0.493 e. The molecule has 0 aliphatic heterocycles. The van der Waals surface area contributed by atoms with Crippen LogP contribution < -0.4 is 4.74 Å². The Kier molecular flexibility index (Phi) is 4.75. The second-order valence-electron chi connectivity index (χ2n) is 2.94. The zero-order valence-corrected chi connectivity index (χ0v) is 10.0. The fourth-order valence-electron chi connectivity index (χ4n) is 1.22. The quantitative estimate of drug-likeness (QED) is 0.609. The number of alkyl halides is 1. The Morgan fingerprint density at radius 2 is 2.27 bits per heavy atom. The maximum absolute atomic E-state index is 12.9. The van der Waals surface area contributed by atoms with Gasteiger partial charge in [0.05, 0.1) is 12.2 Å². The van der Waals surface area contributed by atoms with E-state index in [1.54, 1.807) is 6.92 Å². The standard InChI is InChI=1S/C11H12BrFO2/c1-2-15-11-7-8(13)3-4-9(11)10(14)5-6-12/h3-4,7H,2,5-6H2,1H3. The Morgan fingerprint density at radius 1 is 1.53 bits per heavy atom. The minimum atomic E-state index is -0.395. The van der Waals surface area contributed by atoms with E-state index in [0.29, 0.717) is 29.7 Å². The van der Waals surface area contributed by atoms with E-state index in [9.17, 15) is 9.18 Å². The lowest BCUT2D eigenvalue weighted by Crippen LogP contribution is -2.04. The normalized spacial score (nSPS) is 10.1. The van der Waals surface area contributed by atoms with E-state index in [1.807, 2.05) is 0 Å². The van der Waals surface area contributed by atoms with Crippen molar-refractivity contribution >= 4 is 21.7 Å². The van der Waals surface area contributed by atoms with Gasteiger partial charge < -0.3 is 4.74 Å². The van der Waals surface area contributed by atoms with Crippen molar-refractivity contribution in [1.82, 2.24) is 0 Å². The van der Waals surface area contributed by atoms with Crippen molar-refractivity contribution in [3.8, 4) is 5.75 Å². The van der Waals surface area contributed by atoms with Gasteiger partial charge in [0.1, 0.15) is 11.6 Å². The molecule has 0 radical (unpaired) electrons. The maximum Gasteiger partial charge on any atom is 0.167 e. The summed E-state index contributed by atoms with van der Waals surface area (Å²) in [6, 6.07) is 3.97. The highest BCUT2D eigenvalue weighted by Gasteiger charge is 2.12. The Morgan fingerprint density at radius 3 is 2.87 bits per heavy atom. The van der Waals surface area contributed by atoms with Crippen molar-refractivity contribution in [1.29, 1.82) is 0 Å². The van der Waals surface area contributed by atoms with Crippen LogP contribution in [0.1, 0.15) is 23.7 Å². The average molecular weight is 275 g/mol. The van der Waals surface area contributed by atoms with Gasteiger partial charge in [-0.25, -0.2) is 4.39 Å². The van der Waals surface area contributed by atoms with Gasteiger partial charge in [-0.15, -0.1) is 0 Å². The molecule has 15 heavy (non-hydrogen) atoms. The lowest BCUT2D eigenvalue weighted by Gasteiger charge is -2.08. The summed E-state index contributed by atoms with van der Waals surface area (Å²) >= 11 is 3.19. The third kappa shape index (κ3) is 3.30. The Hall–Kier alpha value is -0.900. The number of ether oxygens (including phenoxy) is 1. The smallest absolute Gasteiger partial charge is 0.167 e. The number of hydrogen-bond donors (Lipinski definition) is 0. The van der Waals surface area contributed by atoms with Crippen molar-refractivity contribution in [2.75, 3.05) is 11.9 Å². The number of halogens is 2. The predicted molar refractivity (Wildman–Crippen MR) is 60.3 cm³/mol. The van der Waals surface area contributed by atoms with E-state index >= 15 is 0 Å². The third-order valence-corrected chi connectivity index (χ3v) is 2.26. The molecule has 0 spiro atoms. The topological polar surface area (TPSA) is 26.3 Å². The summed E-state index contributed by atoms with van der Waals surface area (Å²) in [6.45, 7) is 2.21. The fourth-order valence-corrected chi connectivity index (χ4v) is 1.58. The molecule has 0 atom stereocenters. The van der Waals surface area contributed by atoms with E-state index in [-0.39, 0.29) is 5.78 Å². The zero-order chi connectivity index (χ0) is 11.3. The third-order valence-electron chi connectivity index (χ3n) is 1.87. The molecular weight excluding hydrogens is 263 g/mol. The van der Waals surface area contributed by atoms with E-state index in [4.69, 9.17) is 4.74 Å². The molecule has 0 heterocycles. The number of rotatable bonds is 5. The van der Waals surface area contributed by atoms with Crippen LogP contribution in [0.25, 0.3) is 0 Å². The molecule has 0 aliphatic carbocycles.